The Kier molecular flexibility index (Phi) is 4.91. The second kappa shape index (κ2) is 6.34. The third-order valence-corrected chi connectivity index (χ3v) is 4.90. The van der Waals surface area contributed by atoms with E-state index >= 15 is 0 Å². The maximum Gasteiger partial charge on any atom is 0.307 e. The van der Waals surface area contributed by atoms with Crippen molar-refractivity contribution in [3.05, 3.63) is 0 Å². The second-order valence-electron chi connectivity index (χ2n) is 6.86. The Labute approximate surface area is 126 Å². The van der Waals surface area contributed by atoms with Crippen LogP contribution in [0.1, 0.15) is 46.5 Å². The normalized spacial score (nSPS) is 31.6. The monoisotopic (exact) mass is 297 g/mol. The summed E-state index contributed by atoms with van der Waals surface area (Å²) in [4.78, 5) is 25.7. The molecule has 2 aliphatic rings. The molecule has 5 nitrogen and oxygen atoms in total. The molecular weight excluding hydrogens is 270 g/mol. The number of ether oxygens (including phenoxy) is 1. The lowest BCUT2D eigenvalue weighted by atomic mass is 10.1. The van der Waals surface area contributed by atoms with Crippen LogP contribution in [-0.2, 0) is 14.3 Å². The van der Waals surface area contributed by atoms with Gasteiger partial charge in [0.05, 0.1) is 17.9 Å². The second-order valence-corrected chi connectivity index (χ2v) is 6.86. The lowest BCUT2D eigenvalue weighted by Gasteiger charge is -2.21. The van der Waals surface area contributed by atoms with Gasteiger partial charge in [0.2, 0.25) is 5.91 Å². The van der Waals surface area contributed by atoms with Crippen LogP contribution in [0.2, 0.25) is 0 Å². The zero-order chi connectivity index (χ0) is 15.6. The van der Waals surface area contributed by atoms with E-state index in [9.17, 15) is 14.7 Å². The summed E-state index contributed by atoms with van der Waals surface area (Å²) in [6, 6.07) is 0. The molecule has 1 saturated heterocycles. The molecule has 0 spiro atoms. The molecule has 3 atom stereocenters. The molecule has 0 radical (unpaired) electrons. The van der Waals surface area contributed by atoms with Crippen molar-refractivity contribution in [1.82, 2.24) is 4.90 Å². The fourth-order valence-electron chi connectivity index (χ4n) is 3.49. The van der Waals surface area contributed by atoms with Crippen molar-refractivity contribution in [2.45, 2.75) is 52.6 Å². The van der Waals surface area contributed by atoms with E-state index < -0.39 is 17.3 Å². The van der Waals surface area contributed by atoms with Crippen molar-refractivity contribution in [1.29, 1.82) is 0 Å². The van der Waals surface area contributed by atoms with Crippen LogP contribution in [0.4, 0.5) is 0 Å². The van der Waals surface area contributed by atoms with Gasteiger partial charge in [-0.1, -0.05) is 20.8 Å². The van der Waals surface area contributed by atoms with Gasteiger partial charge in [-0.05, 0) is 31.1 Å². The number of carbonyl (C=O) groups is 2. The molecule has 1 heterocycles. The molecule has 1 N–H and O–H groups in total. The Morgan fingerprint density at radius 1 is 1.24 bits per heavy atom. The number of nitrogens with zero attached hydrogens (tertiary/aromatic N) is 1. The molecule has 1 amide bonds. The number of hydrogen-bond donors (Lipinski definition) is 1. The zero-order valence-corrected chi connectivity index (χ0v) is 13.3. The Morgan fingerprint density at radius 2 is 1.95 bits per heavy atom. The van der Waals surface area contributed by atoms with Crippen LogP contribution in [0.25, 0.3) is 0 Å². The molecule has 0 aromatic carbocycles. The third-order valence-electron chi connectivity index (χ3n) is 4.90. The lowest BCUT2D eigenvalue weighted by Crippen LogP contribution is -2.35. The van der Waals surface area contributed by atoms with Crippen molar-refractivity contribution in [2.75, 3.05) is 19.7 Å². The minimum atomic E-state index is -0.850. The molecule has 1 aliphatic carbocycles. The summed E-state index contributed by atoms with van der Waals surface area (Å²) in [5.74, 6) is -1.72. The maximum absolute atomic E-state index is 12.6. The molecule has 0 aromatic rings. The number of likely N-dealkylation sites (tertiary alicyclic amines) is 1. The topological polar surface area (TPSA) is 66.8 Å². The van der Waals surface area contributed by atoms with E-state index in [1.54, 1.807) is 0 Å². The first kappa shape index (κ1) is 16.3. The molecule has 5 heteroatoms. The van der Waals surface area contributed by atoms with Gasteiger partial charge in [0.15, 0.2) is 0 Å². The first-order chi connectivity index (χ1) is 9.89. The summed E-state index contributed by atoms with van der Waals surface area (Å²) >= 11 is 0. The van der Waals surface area contributed by atoms with Crippen molar-refractivity contribution in [2.24, 2.45) is 17.3 Å². The maximum atomic E-state index is 12.6. The minimum Gasteiger partial charge on any atom is -0.481 e. The lowest BCUT2D eigenvalue weighted by molar-refractivity contribution is -0.142. The van der Waals surface area contributed by atoms with Crippen molar-refractivity contribution < 1.29 is 19.4 Å². The molecule has 1 unspecified atom stereocenters. The van der Waals surface area contributed by atoms with Gasteiger partial charge in [0, 0.05) is 19.7 Å². The number of amides is 1. The molecule has 1 aliphatic heterocycles. The highest BCUT2D eigenvalue weighted by molar-refractivity contribution is 5.91. The molecular formula is C16H27NO4. The highest BCUT2D eigenvalue weighted by Crippen LogP contribution is 2.59. The average Bonchev–Trinajstić information content (AvgIpc) is 3.07. The standard InChI is InChI=1S/C16H27NO4/c1-4-10-21-11-6-5-8-17(9-7-11)14(18)12-13(15(19)20)16(12,2)3/h11-13H,4-10H2,1-3H3,(H,19,20)/t11?,12-,13+/m0/s1. The van der Waals surface area contributed by atoms with Crippen LogP contribution >= 0.6 is 0 Å². The smallest absolute Gasteiger partial charge is 0.307 e. The first-order valence-corrected chi connectivity index (χ1v) is 8.02. The van der Waals surface area contributed by atoms with E-state index in [2.05, 4.69) is 6.92 Å². The Hall–Kier alpha value is -1.10. The zero-order valence-electron chi connectivity index (χ0n) is 13.3. The van der Waals surface area contributed by atoms with Gasteiger partial charge in [0.1, 0.15) is 0 Å². The van der Waals surface area contributed by atoms with Crippen molar-refractivity contribution in [3.8, 4) is 0 Å². The highest BCUT2D eigenvalue weighted by atomic mass is 16.5. The average molecular weight is 297 g/mol. The van der Waals surface area contributed by atoms with Gasteiger partial charge in [-0.2, -0.15) is 0 Å². The van der Waals surface area contributed by atoms with E-state index in [1.807, 2.05) is 18.7 Å². The number of carbonyl (C=O) groups excluding carboxylic acids is 1. The van der Waals surface area contributed by atoms with E-state index in [0.717, 1.165) is 38.8 Å². The van der Waals surface area contributed by atoms with E-state index in [4.69, 9.17) is 4.74 Å². The van der Waals surface area contributed by atoms with Gasteiger partial charge in [0.25, 0.3) is 0 Å². The van der Waals surface area contributed by atoms with Crippen LogP contribution in [0.15, 0.2) is 0 Å². The van der Waals surface area contributed by atoms with Gasteiger partial charge in [-0.3, -0.25) is 9.59 Å². The van der Waals surface area contributed by atoms with E-state index in [1.165, 1.54) is 0 Å². The van der Waals surface area contributed by atoms with Gasteiger partial charge in [-0.25, -0.2) is 0 Å². The summed E-state index contributed by atoms with van der Waals surface area (Å²) in [5.41, 5.74) is -0.409. The van der Waals surface area contributed by atoms with Crippen LogP contribution in [-0.4, -0.2) is 47.7 Å². The van der Waals surface area contributed by atoms with E-state index in [-0.39, 0.29) is 17.9 Å². The fraction of sp³-hybridized carbons (Fsp3) is 0.875. The molecule has 0 bridgehead atoms. The first-order valence-electron chi connectivity index (χ1n) is 8.02. The predicted octanol–water partition coefficient (Wildman–Crippen LogP) is 2.15. The minimum absolute atomic E-state index is 0.0172. The summed E-state index contributed by atoms with van der Waals surface area (Å²) in [6.45, 7) is 8.03. The number of rotatable bonds is 5. The molecule has 0 aromatic heterocycles. The SMILES string of the molecule is CCCOC1CCCN(C(=O)[C@@H]2[C@H](C(=O)O)C2(C)C)CC1. The summed E-state index contributed by atoms with van der Waals surface area (Å²) in [5, 5.41) is 9.21. The van der Waals surface area contributed by atoms with E-state index in [0.29, 0.717) is 6.54 Å². The number of hydrogen-bond acceptors (Lipinski definition) is 3. The molecule has 21 heavy (non-hydrogen) atoms. The molecule has 2 fully saturated rings. The van der Waals surface area contributed by atoms with Crippen LogP contribution < -0.4 is 0 Å². The Balaban J connectivity index is 1.91. The fourth-order valence-corrected chi connectivity index (χ4v) is 3.49. The molecule has 2 rings (SSSR count). The Bertz CT molecular complexity index is 407. The summed E-state index contributed by atoms with van der Waals surface area (Å²) in [6.07, 6.45) is 4.03. The quantitative estimate of drug-likeness (QED) is 0.844. The van der Waals surface area contributed by atoms with Crippen LogP contribution in [0, 0.1) is 17.3 Å². The van der Waals surface area contributed by atoms with Crippen LogP contribution in [0.5, 0.6) is 0 Å². The predicted molar refractivity (Wildman–Crippen MR) is 78.9 cm³/mol. The van der Waals surface area contributed by atoms with Crippen molar-refractivity contribution >= 4 is 11.9 Å². The molecule has 1 saturated carbocycles. The number of aliphatic carboxylic acids is 1. The highest BCUT2D eigenvalue weighted by Gasteiger charge is 2.66. The summed E-state index contributed by atoms with van der Waals surface area (Å²) in [7, 11) is 0. The largest absolute Gasteiger partial charge is 0.481 e. The Morgan fingerprint density at radius 3 is 2.52 bits per heavy atom. The third kappa shape index (κ3) is 3.39. The number of carboxylic acid groups (broad SMARTS) is 1. The van der Waals surface area contributed by atoms with Gasteiger partial charge < -0.3 is 14.7 Å². The van der Waals surface area contributed by atoms with Crippen molar-refractivity contribution in [3.63, 3.8) is 0 Å². The molecule has 120 valence electrons. The van der Waals surface area contributed by atoms with Crippen LogP contribution in [0.3, 0.4) is 0 Å². The summed E-state index contributed by atoms with van der Waals surface area (Å²) < 4.78 is 5.78. The van der Waals surface area contributed by atoms with Gasteiger partial charge in [-0.15, -0.1) is 0 Å². The number of carboxylic acids is 1. The van der Waals surface area contributed by atoms with Gasteiger partial charge >= 0.3 is 5.97 Å².